The molecule has 0 aliphatic heterocycles. The number of hydrogen-bond donors (Lipinski definition) is 3. The third-order valence-electron chi connectivity index (χ3n) is 5.84. The number of aromatic hydroxyl groups is 1. The van der Waals surface area contributed by atoms with Crippen LogP contribution in [-0.2, 0) is 14.3 Å². The van der Waals surface area contributed by atoms with Gasteiger partial charge >= 0.3 is 6.09 Å². The molecule has 0 bridgehead atoms. The van der Waals surface area contributed by atoms with Crippen molar-refractivity contribution in [2.75, 3.05) is 6.54 Å². The van der Waals surface area contributed by atoms with Crippen LogP contribution in [0.5, 0.6) is 5.75 Å². The second-order valence-corrected chi connectivity index (χ2v) is 11.3. The van der Waals surface area contributed by atoms with Crippen LogP contribution >= 0.6 is 0 Å². The zero-order valence-corrected chi connectivity index (χ0v) is 24.1. The molecule has 0 aliphatic carbocycles. The zero-order chi connectivity index (χ0) is 28.2. The minimum atomic E-state index is -0.909. The van der Waals surface area contributed by atoms with Gasteiger partial charge in [-0.05, 0) is 64.7 Å². The maximum Gasteiger partial charge on any atom is 0.408 e. The Morgan fingerprint density at radius 2 is 1.49 bits per heavy atom. The molecule has 3 amide bonds. The van der Waals surface area contributed by atoms with E-state index in [1.54, 1.807) is 37.8 Å². The zero-order valence-electron chi connectivity index (χ0n) is 24.1. The smallest absolute Gasteiger partial charge is 0.408 e. The molecular weight excluding hydrogens is 470 g/mol. The summed E-state index contributed by atoms with van der Waals surface area (Å²) in [6.07, 6.45) is 5.50. The van der Waals surface area contributed by atoms with Crippen LogP contribution in [-0.4, -0.2) is 52.1 Å². The predicted octanol–water partition coefficient (Wildman–Crippen LogP) is 5.70. The summed E-state index contributed by atoms with van der Waals surface area (Å²) in [6.45, 7) is 15.3. The Morgan fingerprint density at radius 3 is 2.00 bits per heavy atom. The highest BCUT2D eigenvalue weighted by Gasteiger charge is 2.37. The summed E-state index contributed by atoms with van der Waals surface area (Å²) in [5, 5.41) is 15.5. The van der Waals surface area contributed by atoms with Crippen LogP contribution in [0.1, 0.15) is 106 Å². The Bertz CT molecular complexity index is 846. The summed E-state index contributed by atoms with van der Waals surface area (Å²) in [6, 6.07) is 4.43. The summed E-state index contributed by atoms with van der Waals surface area (Å²) >= 11 is 0. The van der Waals surface area contributed by atoms with Crippen molar-refractivity contribution in [1.29, 1.82) is 0 Å². The first kappa shape index (κ1) is 32.3. The lowest BCUT2D eigenvalue weighted by Crippen LogP contribution is -2.55. The maximum absolute atomic E-state index is 14.1. The summed E-state index contributed by atoms with van der Waals surface area (Å²) in [7, 11) is 0. The molecule has 8 heteroatoms. The number of rotatable bonds is 14. The predicted molar refractivity (Wildman–Crippen MR) is 147 cm³/mol. The Balaban J connectivity index is 3.37. The van der Waals surface area contributed by atoms with Crippen LogP contribution in [0.4, 0.5) is 4.79 Å². The number of carbonyl (C=O) groups excluding carboxylic acids is 3. The Kier molecular flexibility index (Phi) is 13.5. The number of amides is 3. The number of phenols is 1. The first-order chi connectivity index (χ1) is 17.3. The highest BCUT2D eigenvalue weighted by molar-refractivity contribution is 5.92. The standard InChI is InChI=1S/C29H49N3O5/c1-9-10-11-12-13-14-19-32(27(35)24(20(2)3)31-28(36)37-29(6,7)8)25(26(34)30-21(4)5)22-15-17-23(33)18-16-22/h15-18,20-21,24-25,33H,9-14,19H2,1-8H3,(H,30,34)(H,31,36). The van der Waals surface area contributed by atoms with Gasteiger partial charge in [-0.15, -0.1) is 0 Å². The SMILES string of the molecule is CCCCCCCCN(C(=O)C(NC(=O)OC(C)(C)C)C(C)C)C(C(=O)NC(C)C)c1ccc(O)cc1. The fourth-order valence-electron chi connectivity index (χ4n) is 4.05. The Morgan fingerprint density at radius 1 is 0.919 bits per heavy atom. The molecule has 1 rings (SSSR count). The van der Waals surface area contributed by atoms with E-state index in [4.69, 9.17) is 4.74 Å². The molecule has 0 aliphatic rings. The van der Waals surface area contributed by atoms with E-state index in [1.165, 1.54) is 18.6 Å². The molecule has 0 saturated heterocycles. The van der Waals surface area contributed by atoms with Gasteiger partial charge in [-0.25, -0.2) is 4.79 Å². The molecule has 210 valence electrons. The van der Waals surface area contributed by atoms with E-state index in [9.17, 15) is 19.5 Å². The van der Waals surface area contributed by atoms with Gasteiger partial charge in [-0.2, -0.15) is 0 Å². The van der Waals surface area contributed by atoms with Crippen LogP contribution in [0.15, 0.2) is 24.3 Å². The van der Waals surface area contributed by atoms with Gasteiger partial charge in [0.05, 0.1) is 0 Å². The third kappa shape index (κ3) is 11.9. The minimum absolute atomic E-state index is 0.0761. The highest BCUT2D eigenvalue weighted by Crippen LogP contribution is 2.26. The molecule has 2 unspecified atom stereocenters. The fraction of sp³-hybridized carbons (Fsp3) is 0.690. The minimum Gasteiger partial charge on any atom is -0.508 e. The van der Waals surface area contributed by atoms with Crippen molar-refractivity contribution in [2.45, 2.75) is 118 Å². The number of nitrogens with one attached hydrogen (secondary N) is 2. The number of hydrogen-bond acceptors (Lipinski definition) is 5. The molecule has 0 radical (unpaired) electrons. The van der Waals surface area contributed by atoms with E-state index in [2.05, 4.69) is 17.6 Å². The van der Waals surface area contributed by atoms with Crippen molar-refractivity contribution in [3.8, 4) is 5.75 Å². The average molecular weight is 520 g/mol. The molecule has 1 aromatic rings. The van der Waals surface area contributed by atoms with E-state index < -0.39 is 23.8 Å². The second kappa shape index (κ2) is 15.5. The van der Waals surface area contributed by atoms with Crippen molar-refractivity contribution in [3.63, 3.8) is 0 Å². The normalized spacial score (nSPS) is 13.2. The van der Waals surface area contributed by atoms with Crippen molar-refractivity contribution in [1.82, 2.24) is 15.5 Å². The van der Waals surface area contributed by atoms with Gasteiger partial charge < -0.3 is 25.4 Å². The van der Waals surface area contributed by atoms with Crippen LogP contribution in [0, 0.1) is 5.92 Å². The van der Waals surface area contributed by atoms with E-state index in [0.717, 1.165) is 32.1 Å². The molecule has 0 aromatic heterocycles. The van der Waals surface area contributed by atoms with Crippen LogP contribution in [0.25, 0.3) is 0 Å². The largest absolute Gasteiger partial charge is 0.508 e. The van der Waals surface area contributed by atoms with Gasteiger partial charge in [-0.1, -0.05) is 65.0 Å². The number of benzene rings is 1. The molecule has 2 atom stereocenters. The van der Waals surface area contributed by atoms with E-state index in [0.29, 0.717) is 12.1 Å². The lowest BCUT2D eigenvalue weighted by molar-refractivity contribution is -0.143. The molecule has 0 heterocycles. The Labute approximate surface area is 223 Å². The topological polar surface area (TPSA) is 108 Å². The van der Waals surface area contributed by atoms with Gasteiger partial charge in [0.25, 0.3) is 0 Å². The lowest BCUT2D eigenvalue weighted by Gasteiger charge is -2.36. The van der Waals surface area contributed by atoms with Crippen molar-refractivity contribution < 1.29 is 24.2 Å². The number of carbonyl (C=O) groups is 3. The van der Waals surface area contributed by atoms with Gasteiger partial charge in [0.2, 0.25) is 11.8 Å². The molecule has 37 heavy (non-hydrogen) atoms. The molecule has 0 saturated carbocycles. The first-order valence-electron chi connectivity index (χ1n) is 13.7. The van der Waals surface area contributed by atoms with Crippen LogP contribution in [0.3, 0.4) is 0 Å². The molecule has 0 fully saturated rings. The fourth-order valence-corrected chi connectivity index (χ4v) is 4.05. The summed E-state index contributed by atoms with van der Waals surface area (Å²) in [4.78, 5) is 41.7. The molecule has 8 nitrogen and oxygen atoms in total. The van der Waals surface area contributed by atoms with Gasteiger partial charge in [-0.3, -0.25) is 9.59 Å². The van der Waals surface area contributed by atoms with Gasteiger partial charge in [0, 0.05) is 12.6 Å². The number of phenolic OH excluding ortho intramolecular Hbond substituents is 1. The van der Waals surface area contributed by atoms with Crippen molar-refractivity contribution >= 4 is 17.9 Å². The van der Waals surface area contributed by atoms with E-state index in [-0.39, 0.29) is 29.5 Å². The van der Waals surface area contributed by atoms with Crippen LogP contribution in [0.2, 0.25) is 0 Å². The number of nitrogens with zero attached hydrogens (tertiary/aromatic N) is 1. The summed E-state index contributed by atoms with van der Waals surface area (Å²) in [5.74, 6) is -0.806. The van der Waals surface area contributed by atoms with Crippen molar-refractivity contribution in [3.05, 3.63) is 29.8 Å². The molecule has 0 spiro atoms. The lowest BCUT2D eigenvalue weighted by atomic mass is 9.98. The first-order valence-corrected chi connectivity index (χ1v) is 13.7. The molecule has 1 aromatic carbocycles. The number of unbranched alkanes of at least 4 members (excludes halogenated alkanes) is 5. The quantitative estimate of drug-likeness (QED) is 0.273. The average Bonchev–Trinajstić information content (AvgIpc) is 2.77. The number of alkyl carbamates (subject to hydrolysis) is 1. The van der Waals surface area contributed by atoms with Gasteiger partial charge in [0.15, 0.2) is 0 Å². The van der Waals surface area contributed by atoms with Crippen molar-refractivity contribution in [2.24, 2.45) is 5.92 Å². The van der Waals surface area contributed by atoms with Gasteiger partial charge in [0.1, 0.15) is 23.4 Å². The molecule has 3 N–H and O–H groups in total. The Hall–Kier alpha value is -2.77. The van der Waals surface area contributed by atoms with Crippen LogP contribution < -0.4 is 10.6 Å². The van der Waals surface area contributed by atoms with E-state index in [1.807, 2.05) is 27.7 Å². The third-order valence-corrected chi connectivity index (χ3v) is 5.84. The highest BCUT2D eigenvalue weighted by atomic mass is 16.6. The summed E-state index contributed by atoms with van der Waals surface area (Å²) < 4.78 is 5.41. The maximum atomic E-state index is 14.1. The second-order valence-electron chi connectivity index (χ2n) is 11.3. The van der Waals surface area contributed by atoms with E-state index >= 15 is 0 Å². The number of ether oxygens (including phenoxy) is 1. The monoisotopic (exact) mass is 519 g/mol. The molecular formula is C29H49N3O5. The summed E-state index contributed by atoms with van der Waals surface area (Å²) in [5.41, 5.74) is -0.117.